The first-order valence-electron chi connectivity index (χ1n) is 7.25. The lowest BCUT2D eigenvalue weighted by molar-refractivity contribution is -0.114. The molecule has 0 saturated heterocycles. The number of carbonyl (C=O) groups is 1. The second-order valence-corrected chi connectivity index (χ2v) is 7.32. The third kappa shape index (κ3) is 9.64. The van der Waals surface area contributed by atoms with Crippen molar-refractivity contribution in [3.05, 3.63) is 0 Å². The van der Waals surface area contributed by atoms with E-state index in [2.05, 4.69) is 41.5 Å². The Hall–Kier alpha value is -0.370. The van der Waals surface area contributed by atoms with E-state index in [1.54, 1.807) is 0 Å². The van der Waals surface area contributed by atoms with E-state index in [-0.39, 0.29) is 12.7 Å². The van der Waals surface area contributed by atoms with Gasteiger partial charge in [0, 0.05) is 0 Å². The van der Waals surface area contributed by atoms with Crippen molar-refractivity contribution in [1.29, 1.82) is 0 Å². The average Bonchev–Trinajstić information content (AvgIpc) is 2.19. The molecule has 0 aliphatic carbocycles. The van der Waals surface area contributed by atoms with Gasteiger partial charge in [0.05, 0.1) is 6.10 Å². The lowest BCUT2D eigenvalue weighted by atomic mass is 9.73. The molecule has 108 valence electrons. The zero-order chi connectivity index (χ0) is 14.2. The molecule has 0 aromatic carbocycles. The summed E-state index contributed by atoms with van der Waals surface area (Å²) in [5.74, 6) is 0. The van der Waals surface area contributed by atoms with E-state index in [1.807, 2.05) is 0 Å². The highest BCUT2D eigenvalue weighted by atomic mass is 16.5. The van der Waals surface area contributed by atoms with Crippen molar-refractivity contribution in [2.24, 2.45) is 10.8 Å². The van der Waals surface area contributed by atoms with Crippen molar-refractivity contribution in [2.75, 3.05) is 6.61 Å². The third-order valence-electron chi connectivity index (χ3n) is 3.24. The van der Waals surface area contributed by atoms with Gasteiger partial charge < -0.3 is 9.53 Å². The van der Waals surface area contributed by atoms with Gasteiger partial charge in [0.15, 0.2) is 0 Å². The van der Waals surface area contributed by atoms with Gasteiger partial charge in [-0.3, -0.25) is 0 Å². The molecule has 18 heavy (non-hydrogen) atoms. The molecule has 0 heterocycles. The molecule has 0 amide bonds. The van der Waals surface area contributed by atoms with E-state index in [0.29, 0.717) is 10.8 Å². The largest absolute Gasteiger partial charge is 0.371 e. The fourth-order valence-electron chi connectivity index (χ4n) is 2.91. The van der Waals surface area contributed by atoms with Crippen LogP contribution in [0.5, 0.6) is 0 Å². The monoisotopic (exact) mass is 256 g/mol. The van der Waals surface area contributed by atoms with Crippen molar-refractivity contribution in [1.82, 2.24) is 0 Å². The molecular formula is C16H32O2. The quantitative estimate of drug-likeness (QED) is 0.563. The van der Waals surface area contributed by atoms with Gasteiger partial charge in [-0.2, -0.15) is 0 Å². The summed E-state index contributed by atoms with van der Waals surface area (Å²) < 4.78 is 5.49. The minimum atomic E-state index is 0.240. The molecule has 0 aliphatic heterocycles. The summed E-state index contributed by atoms with van der Waals surface area (Å²) in [6.45, 7) is 14.0. The van der Waals surface area contributed by atoms with Gasteiger partial charge in [-0.15, -0.1) is 0 Å². The molecule has 2 nitrogen and oxygen atoms in total. The van der Waals surface area contributed by atoms with Gasteiger partial charge in [0.25, 0.3) is 0 Å². The molecule has 0 aliphatic rings. The summed E-state index contributed by atoms with van der Waals surface area (Å²) in [5, 5.41) is 0. The summed E-state index contributed by atoms with van der Waals surface area (Å²) >= 11 is 0. The summed E-state index contributed by atoms with van der Waals surface area (Å²) in [7, 11) is 0. The molecule has 0 aromatic heterocycles. The lowest BCUT2D eigenvalue weighted by Gasteiger charge is -2.32. The van der Waals surface area contributed by atoms with Crippen LogP contribution in [-0.4, -0.2) is 19.0 Å². The van der Waals surface area contributed by atoms with Crippen LogP contribution in [0.3, 0.4) is 0 Å². The van der Waals surface area contributed by atoms with Gasteiger partial charge in [0.2, 0.25) is 0 Å². The predicted molar refractivity (Wildman–Crippen MR) is 77.8 cm³/mol. The topological polar surface area (TPSA) is 26.3 Å². The van der Waals surface area contributed by atoms with Crippen LogP contribution in [0, 0.1) is 10.8 Å². The average molecular weight is 256 g/mol. The Kier molecular flexibility index (Phi) is 7.77. The Morgan fingerprint density at radius 2 is 1.78 bits per heavy atom. The molecule has 0 radical (unpaired) electrons. The van der Waals surface area contributed by atoms with Crippen molar-refractivity contribution in [2.45, 2.75) is 79.8 Å². The van der Waals surface area contributed by atoms with Crippen LogP contribution in [0.1, 0.15) is 73.6 Å². The van der Waals surface area contributed by atoms with Crippen LogP contribution in [0.15, 0.2) is 0 Å². The molecule has 0 N–H and O–H groups in total. The van der Waals surface area contributed by atoms with Crippen LogP contribution in [0.2, 0.25) is 0 Å². The third-order valence-corrected chi connectivity index (χ3v) is 3.24. The van der Waals surface area contributed by atoms with Crippen molar-refractivity contribution >= 4 is 6.29 Å². The van der Waals surface area contributed by atoms with E-state index in [0.717, 1.165) is 19.1 Å². The Morgan fingerprint density at radius 3 is 2.22 bits per heavy atom. The summed E-state index contributed by atoms with van der Waals surface area (Å²) in [6, 6.07) is 0. The minimum Gasteiger partial charge on any atom is -0.371 e. The van der Waals surface area contributed by atoms with Gasteiger partial charge in [-0.1, -0.05) is 48.0 Å². The fraction of sp³-hybridized carbons (Fsp3) is 0.938. The van der Waals surface area contributed by atoms with Crippen LogP contribution in [0.4, 0.5) is 0 Å². The highest BCUT2D eigenvalue weighted by Crippen LogP contribution is 2.37. The SMILES string of the molecule is CCC(CCCC(C)(C)CC(C)(C)C)OCC=O. The number of rotatable bonds is 9. The normalized spacial score (nSPS) is 14.6. The Labute approximate surface area is 113 Å². The molecule has 0 spiro atoms. The summed E-state index contributed by atoms with van der Waals surface area (Å²) in [5.41, 5.74) is 0.781. The maximum absolute atomic E-state index is 10.3. The molecular weight excluding hydrogens is 224 g/mol. The molecule has 1 unspecified atom stereocenters. The Balaban J connectivity index is 3.96. The van der Waals surface area contributed by atoms with Crippen molar-refractivity contribution < 1.29 is 9.53 Å². The molecule has 0 bridgehead atoms. The van der Waals surface area contributed by atoms with E-state index >= 15 is 0 Å². The van der Waals surface area contributed by atoms with E-state index < -0.39 is 0 Å². The van der Waals surface area contributed by atoms with Gasteiger partial charge in [0.1, 0.15) is 12.9 Å². The number of aldehydes is 1. The van der Waals surface area contributed by atoms with Gasteiger partial charge in [-0.05, 0) is 36.5 Å². The molecule has 2 heteroatoms. The Morgan fingerprint density at radius 1 is 1.17 bits per heavy atom. The first-order valence-corrected chi connectivity index (χ1v) is 7.25. The first-order chi connectivity index (χ1) is 8.20. The molecule has 1 atom stereocenters. The predicted octanol–water partition coefficient (Wildman–Crippen LogP) is 4.61. The highest BCUT2D eigenvalue weighted by molar-refractivity contribution is 5.50. The van der Waals surface area contributed by atoms with Gasteiger partial charge >= 0.3 is 0 Å². The first kappa shape index (κ1) is 17.6. The smallest absolute Gasteiger partial charge is 0.145 e. The van der Waals surface area contributed by atoms with Crippen molar-refractivity contribution in [3.8, 4) is 0 Å². The standard InChI is InChI=1S/C16H32O2/c1-7-14(18-12-11-17)9-8-10-16(5,6)13-15(2,3)4/h11,14H,7-10,12-13H2,1-6H3. The maximum atomic E-state index is 10.3. The maximum Gasteiger partial charge on any atom is 0.145 e. The second kappa shape index (κ2) is 7.93. The zero-order valence-corrected chi connectivity index (χ0v) is 13.2. The van der Waals surface area contributed by atoms with Crippen LogP contribution in [0.25, 0.3) is 0 Å². The van der Waals surface area contributed by atoms with E-state index in [4.69, 9.17) is 4.74 Å². The van der Waals surface area contributed by atoms with E-state index in [9.17, 15) is 4.79 Å². The summed E-state index contributed by atoms with van der Waals surface area (Å²) in [6.07, 6.45) is 6.80. The zero-order valence-electron chi connectivity index (χ0n) is 13.2. The number of ether oxygens (including phenoxy) is 1. The lowest BCUT2D eigenvalue weighted by Crippen LogP contribution is -2.21. The minimum absolute atomic E-state index is 0.240. The number of carbonyl (C=O) groups excluding carboxylic acids is 1. The van der Waals surface area contributed by atoms with E-state index in [1.165, 1.54) is 19.3 Å². The number of hydrogen-bond acceptors (Lipinski definition) is 2. The van der Waals surface area contributed by atoms with Crippen LogP contribution < -0.4 is 0 Å². The second-order valence-electron chi connectivity index (χ2n) is 7.32. The number of hydrogen-bond donors (Lipinski definition) is 0. The molecule has 0 aromatic rings. The Bertz CT molecular complexity index is 226. The summed E-state index contributed by atoms with van der Waals surface area (Å²) in [4.78, 5) is 10.3. The van der Waals surface area contributed by atoms with Gasteiger partial charge in [-0.25, -0.2) is 0 Å². The van der Waals surface area contributed by atoms with Crippen molar-refractivity contribution in [3.63, 3.8) is 0 Å². The van der Waals surface area contributed by atoms with Crippen LogP contribution >= 0.6 is 0 Å². The highest BCUT2D eigenvalue weighted by Gasteiger charge is 2.25. The van der Waals surface area contributed by atoms with Crippen LogP contribution in [-0.2, 0) is 9.53 Å². The molecule has 0 rings (SSSR count). The molecule has 0 fully saturated rings. The molecule has 0 saturated carbocycles. The fourth-order valence-corrected chi connectivity index (χ4v) is 2.91.